The number of nitrogens with one attached hydrogen (secondary N) is 1. The van der Waals surface area contributed by atoms with Crippen LogP contribution in [0.1, 0.15) is 0 Å². The molecule has 1 N–H and O–H groups in total. The summed E-state index contributed by atoms with van der Waals surface area (Å²) in [5, 5.41) is 3.05. The predicted octanol–water partition coefficient (Wildman–Crippen LogP) is 0.688. The van der Waals surface area contributed by atoms with Crippen LogP contribution in [0.3, 0.4) is 0 Å². The van der Waals surface area contributed by atoms with Crippen molar-refractivity contribution in [2.45, 2.75) is 0 Å². The number of hydrogen-bond donors (Lipinski definition) is 1. The molecular formula is C19H30FIN6O2. The van der Waals surface area contributed by atoms with E-state index in [0.29, 0.717) is 37.8 Å². The molecule has 0 radical (unpaired) electrons. The van der Waals surface area contributed by atoms with Crippen molar-refractivity contribution in [3.05, 3.63) is 30.1 Å². The van der Waals surface area contributed by atoms with Gasteiger partial charge in [0, 0.05) is 54.4 Å². The molecule has 1 aromatic carbocycles. The molecule has 8 nitrogen and oxygen atoms in total. The zero-order valence-electron chi connectivity index (χ0n) is 17.4. The molecule has 0 saturated carbocycles. The van der Waals surface area contributed by atoms with E-state index in [2.05, 4.69) is 10.3 Å². The van der Waals surface area contributed by atoms with E-state index in [4.69, 9.17) is 0 Å². The first-order valence-corrected chi connectivity index (χ1v) is 9.22. The van der Waals surface area contributed by atoms with Gasteiger partial charge in [0.1, 0.15) is 12.4 Å². The van der Waals surface area contributed by atoms with Crippen LogP contribution in [-0.2, 0) is 9.59 Å². The van der Waals surface area contributed by atoms with Gasteiger partial charge in [-0.2, -0.15) is 0 Å². The molecule has 1 fully saturated rings. The number of carbonyl (C=O) groups is 2. The third-order valence-electron chi connectivity index (χ3n) is 4.53. The molecule has 0 unspecified atom stereocenters. The lowest BCUT2D eigenvalue weighted by Crippen LogP contribution is -2.54. The number of rotatable bonds is 5. The van der Waals surface area contributed by atoms with E-state index in [-0.39, 0.29) is 54.7 Å². The highest BCUT2D eigenvalue weighted by atomic mass is 127. The fourth-order valence-corrected chi connectivity index (χ4v) is 2.73. The number of nitrogens with zero attached hydrogens (tertiary/aromatic N) is 5. The molecule has 29 heavy (non-hydrogen) atoms. The Morgan fingerprint density at radius 2 is 1.62 bits per heavy atom. The minimum absolute atomic E-state index is 0. The number of amides is 2. The van der Waals surface area contributed by atoms with Crippen LogP contribution in [-0.4, -0.2) is 99.9 Å². The molecule has 0 aromatic heterocycles. The summed E-state index contributed by atoms with van der Waals surface area (Å²) in [5.74, 6) is 0.0644. The van der Waals surface area contributed by atoms with Crippen molar-refractivity contribution in [2.24, 2.45) is 4.99 Å². The number of benzene rings is 1. The number of hydrogen-bond acceptors (Lipinski definition) is 4. The fraction of sp³-hybridized carbons (Fsp3) is 0.526. The number of carbonyl (C=O) groups excluding carboxylic acids is 2. The summed E-state index contributed by atoms with van der Waals surface area (Å²) in [6.07, 6.45) is 0. The smallest absolute Gasteiger partial charge is 0.243 e. The maximum atomic E-state index is 14.0. The van der Waals surface area contributed by atoms with E-state index in [1.807, 2.05) is 15.9 Å². The van der Waals surface area contributed by atoms with Crippen LogP contribution in [0, 0.1) is 5.82 Å². The van der Waals surface area contributed by atoms with E-state index in [1.165, 1.54) is 15.9 Å². The van der Waals surface area contributed by atoms with Crippen molar-refractivity contribution in [3.63, 3.8) is 0 Å². The summed E-state index contributed by atoms with van der Waals surface area (Å²) in [6, 6.07) is 6.71. The Morgan fingerprint density at radius 1 is 1.03 bits per heavy atom. The molecule has 1 aliphatic heterocycles. The number of piperazine rings is 1. The first-order valence-electron chi connectivity index (χ1n) is 9.22. The van der Waals surface area contributed by atoms with Gasteiger partial charge in [0.15, 0.2) is 5.96 Å². The van der Waals surface area contributed by atoms with Crippen LogP contribution in [0.15, 0.2) is 29.3 Å². The zero-order chi connectivity index (χ0) is 20.7. The largest absolute Gasteiger partial charge is 0.366 e. The second kappa shape index (κ2) is 11.8. The second-order valence-corrected chi connectivity index (χ2v) is 7.00. The van der Waals surface area contributed by atoms with Crippen LogP contribution in [0.4, 0.5) is 10.1 Å². The number of guanidine groups is 1. The van der Waals surface area contributed by atoms with Crippen LogP contribution in [0.5, 0.6) is 0 Å². The Kier molecular flexibility index (Phi) is 10.1. The summed E-state index contributed by atoms with van der Waals surface area (Å²) < 4.78 is 14.0. The summed E-state index contributed by atoms with van der Waals surface area (Å²) >= 11 is 0. The monoisotopic (exact) mass is 520 g/mol. The van der Waals surface area contributed by atoms with Crippen LogP contribution in [0.25, 0.3) is 0 Å². The molecule has 0 atom stereocenters. The molecule has 0 spiro atoms. The van der Waals surface area contributed by atoms with Crippen LogP contribution < -0.4 is 10.2 Å². The third kappa shape index (κ3) is 7.33. The second-order valence-electron chi connectivity index (χ2n) is 7.00. The summed E-state index contributed by atoms with van der Waals surface area (Å²) in [5.41, 5.74) is 0.583. The van der Waals surface area contributed by atoms with Gasteiger partial charge in [-0.3, -0.25) is 9.59 Å². The molecule has 0 aliphatic carbocycles. The van der Waals surface area contributed by atoms with Gasteiger partial charge in [-0.05, 0) is 12.1 Å². The third-order valence-corrected chi connectivity index (χ3v) is 4.53. The number of likely N-dealkylation sites (N-methyl/N-ethyl adjacent to an activating group) is 2. The molecule has 0 bridgehead atoms. The van der Waals surface area contributed by atoms with Gasteiger partial charge in [-0.15, -0.1) is 24.0 Å². The minimum atomic E-state index is -0.240. The van der Waals surface area contributed by atoms with Crippen molar-refractivity contribution >= 4 is 47.4 Å². The molecule has 1 aromatic rings. The molecule has 10 heteroatoms. The highest BCUT2D eigenvalue weighted by Crippen LogP contribution is 2.20. The van der Waals surface area contributed by atoms with Crippen molar-refractivity contribution in [2.75, 3.05) is 72.4 Å². The lowest BCUT2D eigenvalue weighted by molar-refractivity contribution is -0.127. The number of para-hydroxylation sites is 1. The standard InChI is InChI=1S/C19H29FN6O2.HI/c1-23(2)17(27)13-21-19(22-14-18(28)24(3)4)26-11-9-25(10-12-26)16-8-6-5-7-15(16)20;/h5-8H,9-14H2,1-4H3,(H,21,22);1H. The predicted molar refractivity (Wildman–Crippen MR) is 123 cm³/mol. The summed E-state index contributed by atoms with van der Waals surface area (Å²) in [7, 11) is 6.72. The van der Waals surface area contributed by atoms with E-state index in [9.17, 15) is 14.0 Å². The Bertz CT molecular complexity index is 720. The van der Waals surface area contributed by atoms with E-state index < -0.39 is 0 Å². The summed E-state index contributed by atoms with van der Waals surface area (Å²) in [6.45, 7) is 2.53. The summed E-state index contributed by atoms with van der Waals surface area (Å²) in [4.78, 5) is 35.1. The van der Waals surface area contributed by atoms with Crippen molar-refractivity contribution in [1.82, 2.24) is 20.0 Å². The molecular weight excluding hydrogens is 490 g/mol. The zero-order valence-corrected chi connectivity index (χ0v) is 19.7. The number of aliphatic imine (C=N–C) groups is 1. The van der Waals surface area contributed by atoms with Gasteiger partial charge < -0.3 is 24.9 Å². The highest BCUT2D eigenvalue weighted by Gasteiger charge is 2.22. The normalized spacial score (nSPS) is 14.2. The van der Waals surface area contributed by atoms with Crippen molar-refractivity contribution in [3.8, 4) is 0 Å². The average Bonchev–Trinajstić information content (AvgIpc) is 2.68. The van der Waals surface area contributed by atoms with Crippen LogP contribution >= 0.6 is 24.0 Å². The van der Waals surface area contributed by atoms with E-state index in [1.54, 1.807) is 40.3 Å². The topological polar surface area (TPSA) is 71.5 Å². The highest BCUT2D eigenvalue weighted by molar-refractivity contribution is 14.0. The van der Waals surface area contributed by atoms with Gasteiger partial charge in [0.05, 0.1) is 12.2 Å². The SMILES string of the molecule is CN(C)C(=O)CN=C(NCC(=O)N(C)C)N1CCN(c2ccccc2F)CC1.I. The van der Waals surface area contributed by atoms with Gasteiger partial charge >= 0.3 is 0 Å². The maximum absolute atomic E-state index is 14.0. The Hall–Kier alpha value is -2.11. The molecule has 2 amide bonds. The lowest BCUT2D eigenvalue weighted by Gasteiger charge is -2.37. The Morgan fingerprint density at radius 3 is 2.17 bits per heavy atom. The molecule has 2 rings (SSSR count). The lowest BCUT2D eigenvalue weighted by atomic mass is 10.2. The Balaban J connectivity index is 0.00000420. The van der Waals surface area contributed by atoms with Crippen LogP contribution in [0.2, 0.25) is 0 Å². The van der Waals surface area contributed by atoms with Gasteiger partial charge in [-0.25, -0.2) is 9.38 Å². The van der Waals surface area contributed by atoms with Crippen molar-refractivity contribution in [1.29, 1.82) is 0 Å². The molecule has 162 valence electrons. The van der Waals surface area contributed by atoms with Crippen molar-refractivity contribution < 1.29 is 14.0 Å². The van der Waals surface area contributed by atoms with E-state index >= 15 is 0 Å². The van der Waals surface area contributed by atoms with Gasteiger partial charge in [-0.1, -0.05) is 12.1 Å². The fourth-order valence-electron chi connectivity index (χ4n) is 2.73. The van der Waals surface area contributed by atoms with Gasteiger partial charge in [0.2, 0.25) is 11.8 Å². The number of anilines is 1. The number of halogens is 2. The molecule has 1 heterocycles. The first kappa shape index (κ1) is 24.9. The minimum Gasteiger partial charge on any atom is -0.366 e. The van der Waals surface area contributed by atoms with E-state index in [0.717, 1.165) is 0 Å². The molecule has 1 aliphatic rings. The molecule has 1 saturated heterocycles. The van der Waals surface area contributed by atoms with Gasteiger partial charge in [0.25, 0.3) is 0 Å². The quantitative estimate of drug-likeness (QED) is 0.352. The first-order chi connectivity index (χ1) is 13.3. The average molecular weight is 520 g/mol. The maximum Gasteiger partial charge on any atom is 0.243 e. The Labute approximate surface area is 188 Å².